The monoisotopic (exact) mass is 358 g/mol. The van der Waals surface area contributed by atoms with E-state index in [1.54, 1.807) is 7.05 Å². The molecule has 1 aromatic carbocycles. The van der Waals surface area contributed by atoms with E-state index in [4.69, 9.17) is 4.74 Å². The lowest BCUT2D eigenvalue weighted by Crippen LogP contribution is -2.43. The third kappa shape index (κ3) is 2.73. The molecule has 1 atom stereocenters. The van der Waals surface area contributed by atoms with Crippen LogP contribution in [0.2, 0.25) is 0 Å². The molecule has 1 N–H and O–H groups in total. The summed E-state index contributed by atoms with van der Waals surface area (Å²) in [6, 6.07) is 5.39. The summed E-state index contributed by atoms with van der Waals surface area (Å²) in [7, 11) is 1.68. The van der Waals surface area contributed by atoms with Crippen molar-refractivity contribution in [1.82, 2.24) is 30.1 Å². The molecular weight excluding hydrogens is 343 g/mol. The van der Waals surface area contributed by atoms with Gasteiger partial charge in [-0.05, 0) is 22.6 Å². The molecule has 1 amide bonds. The van der Waals surface area contributed by atoms with Gasteiger partial charge >= 0.3 is 0 Å². The minimum atomic E-state index is -0.584. The van der Waals surface area contributed by atoms with Crippen molar-refractivity contribution in [2.24, 2.45) is 7.05 Å². The number of rotatable bonds is 2. The molecule has 2 aromatic heterocycles. The molecule has 26 heavy (non-hydrogen) atoms. The number of carbonyl (C=O) groups excluding carboxylic acids is 1. The second-order valence-electron chi connectivity index (χ2n) is 5.98. The number of fused-ring (bicyclic) bond motifs is 1. The fraction of sp³-hybridized carbons (Fsp3) is 0.312. The van der Waals surface area contributed by atoms with Crippen molar-refractivity contribution in [2.45, 2.75) is 6.10 Å². The van der Waals surface area contributed by atoms with E-state index in [0.717, 1.165) is 0 Å². The quantitative estimate of drug-likeness (QED) is 0.711. The number of tetrazole rings is 1. The number of aryl methyl sites for hydroxylation is 1. The molecule has 4 rings (SSSR count). The van der Waals surface area contributed by atoms with Crippen molar-refractivity contribution in [2.75, 3.05) is 19.7 Å². The average molecular weight is 358 g/mol. The number of halogens is 1. The number of aromatic amines is 1. The summed E-state index contributed by atoms with van der Waals surface area (Å²) < 4.78 is 21.1. The number of para-hydroxylation sites is 1. The number of hydrogen-bond donors (Lipinski definition) is 1. The molecule has 1 aliphatic rings. The van der Waals surface area contributed by atoms with Gasteiger partial charge in [0.25, 0.3) is 5.91 Å². The first kappa shape index (κ1) is 16.3. The van der Waals surface area contributed by atoms with Crippen LogP contribution < -0.4 is 5.43 Å². The van der Waals surface area contributed by atoms with E-state index >= 15 is 0 Å². The molecule has 1 saturated heterocycles. The number of nitrogens with one attached hydrogen (secondary N) is 1. The number of benzene rings is 1. The fourth-order valence-electron chi connectivity index (χ4n) is 3.02. The van der Waals surface area contributed by atoms with Crippen LogP contribution in [-0.2, 0) is 11.8 Å². The van der Waals surface area contributed by atoms with E-state index in [1.165, 1.54) is 33.8 Å². The van der Waals surface area contributed by atoms with Crippen LogP contribution in [-0.4, -0.2) is 55.7 Å². The molecule has 134 valence electrons. The molecule has 1 aliphatic heterocycles. The zero-order valence-electron chi connectivity index (χ0n) is 13.8. The van der Waals surface area contributed by atoms with Gasteiger partial charge in [-0.25, -0.2) is 9.07 Å². The van der Waals surface area contributed by atoms with E-state index in [2.05, 4.69) is 20.5 Å². The van der Waals surface area contributed by atoms with Crippen LogP contribution >= 0.6 is 0 Å². The van der Waals surface area contributed by atoms with E-state index < -0.39 is 23.3 Å². The van der Waals surface area contributed by atoms with Crippen LogP contribution in [0.5, 0.6) is 0 Å². The summed E-state index contributed by atoms with van der Waals surface area (Å²) in [5, 5.41) is 11.4. The highest BCUT2D eigenvalue weighted by Gasteiger charge is 2.29. The first-order valence-electron chi connectivity index (χ1n) is 7.99. The Labute approximate surface area is 146 Å². The largest absolute Gasteiger partial charge is 0.366 e. The van der Waals surface area contributed by atoms with E-state index in [9.17, 15) is 14.0 Å². The van der Waals surface area contributed by atoms with Crippen LogP contribution in [0, 0.1) is 5.82 Å². The lowest BCUT2D eigenvalue weighted by Gasteiger charge is -2.32. The minimum absolute atomic E-state index is 0.0191. The predicted octanol–water partition coefficient (Wildman–Crippen LogP) is 0.404. The number of morpholine rings is 1. The molecule has 3 aromatic rings. The van der Waals surface area contributed by atoms with Crippen LogP contribution in [0.15, 0.2) is 29.1 Å². The van der Waals surface area contributed by atoms with Crippen molar-refractivity contribution >= 4 is 16.8 Å². The van der Waals surface area contributed by atoms with Crippen molar-refractivity contribution in [3.63, 3.8) is 0 Å². The molecule has 0 radical (unpaired) electrons. The first-order valence-corrected chi connectivity index (χ1v) is 7.99. The van der Waals surface area contributed by atoms with E-state index in [0.29, 0.717) is 19.0 Å². The lowest BCUT2D eigenvalue weighted by molar-refractivity contribution is -0.0285. The van der Waals surface area contributed by atoms with Gasteiger partial charge in [-0.3, -0.25) is 9.59 Å². The Kier molecular flexibility index (Phi) is 3.96. The Hall–Kier alpha value is -3.14. The summed E-state index contributed by atoms with van der Waals surface area (Å²) in [6.45, 7) is 0.873. The van der Waals surface area contributed by atoms with Gasteiger partial charge in [-0.1, -0.05) is 6.07 Å². The Morgan fingerprint density at radius 2 is 2.27 bits per heavy atom. The number of nitrogens with zero attached hydrogens (tertiary/aromatic N) is 5. The summed E-state index contributed by atoms with van der Waals surface area (Å²) in [5.74, 6) is -0.490. The molecule has 9 nitrogen and oxygen atoms in total. The number of pyridine rings is 1. The second kappa shape index (κ2) is 6.30. The van der Waals surface area contributed by atoms with E-state index in [1.807, 2.05) is 0 Å². The highest BCUT2D eigenvalue weighted by atomic mass is 19.1. The number of H-pyrrole nitrogens is 1. The molecular formula is C16H15FN6O3. The number of amides is 1. The Bertz CT molecular complexity index is 1050. The van der Waals surface area contributed by atoms with Gasteiger partial charge in [-0.2, -0.15) is 0 Å². The SMILES string of the molecule is Cn1nnnc1C1CN(C(=O)c2cc(=O)c3cccc(F)c3[nH]2)CCO1. The molecule has 0 saturated carbocycles. The zero-order valence-corrected chi connectivity index (χ0v) is 13.8. The number of carbonyl (C=O) groups is 1. The summed E-state index contributed by atoms with van der Waals surface area (Å²) in [5.41, 5.74) is -0.362. The van der Waals surface area contributed by atoms with Crippen LogP contribution in [0.4, 0.5) is 4.39 Å². The summed E-state index contributed by atoms with van der Waals surface area (Å²) in [6.07, 6.45) is -0.475. The fourth-order valence-corrected chi connectivity index (χ4v) is 3.02. The Balaban J connectivity index is 1.65. The van der Waals surface area contributed by atoms with Gasteiger partial charge in [0.05, 0.1) is 18.7 Å². The van der Waals surface area contributed by atoms with Crippen LogP contribution in [0.3, 0.4) is 0 Å². The third-order valence-corrected chi connectivity index (χ3v) is 4.34. The summed E-state index contributed by atoms with van der Waals surface area (Å²) in [4.78, 5) is 29.3. The maximum Gasteiger partial charge on any atom is 0.270 e. The van der Waals surface area contributed by atoms with Gasteiger partial charge < -0.3 is 14.6 Å². The van der Waals surface area contributed by atoms with Gasteiger partial charge in [0, 0.05) is 25.0 Å². The maximum atomic E-state index is 14.0. The van der Waals surface area contributed by atoms with Crippen LogP contribution in [0.1, 0.15) is 22.4 Å². The maximum absolute atomic E-state index is 14.0. The molecule has 10 heteroatoms. The van der Waals surface area contributed by atoms with E-state index in [-0.39, 0.29) is 23.1 Å². The second-order valence-corrected chi connectivity index (χ2v) is 5.98. The molecule has 0 bridgehead atoms. The van der Waals surface area contributed by atoms with Crippen LogP contribution in [0.25, 0.3) is 10.9 Å². The Morgan fingerprint density at radius 3 is 3.04 bits per heavy atom. The smallest absolute Gasteiger partial charge is 0.270 e. The molecule has 3 heterocycles. The predicted molar refractivity (Wildman–Crippen MR) is 87.9 cm³/mol. The van der Waals surface area contributed by atoms with Crippen molar-refractivity contribution in [3.05, 3.63) is 51.8 Å². The lowest BCUT2D eigenvalue weighted by atomic mass is 10.1. The number of ether oxygens (including phenoxy) is 1. The van der Waals surface area contributed by atoms with Gasteiger partial charge in [0.1, 0.15) is 17.6 Å². The van der Waals surface area contributed by atoms with Gasteiger partial charge in [-0.15, -0.1) is 5.10 Å². The highest BCUT2D eigenvalue weighted by Crippen LogP contribution is 2.21. The third-order valence-electron chi connectivity index (χ3n) is 4.34. The van der Waals surface area contributed by atoms with Gasteiger partial charge in [0.15, 0.2) is 11.3 Å². The molecule has 0 aliphatic carbocycles. The molecule has 1 unspecified atom stereocenters. The summed E-state index contributed by atoms with van der Waals surface area (Å²) >= 11 is 0. The standard InChI is InChI=1S/C16H15FN6O3/c1-22-15(19-20-21-22)13-8-23(5-6-26-13)16(25)11-7-12(24)9-3-2-4-10(17)14(9)18-11/h2-4,7,13H,5-6,8H2,1H3,(H,18,24). The highest BCUT2D eigenvalue weighted by molar-refractivity contribution is 5.95. The number of aromatic nitrogens is 5. The Morgan fingerprint density at radius 1 is 1.42 bits per heavy atom. The first-order chi connectivity index (χ1) is 12.5. The molecule has 1 fully saturated rings. The van der Waals surface area contributed by atoms with Crippen molar-refractivity contribution in [1.29, 1.82) is 0 Å². The normalized spacial score (nSPS) is 17.6. The minimum Gasteiger partial charge on any atom is -0.366 e. The van der Waals surface area contributed by atoms with Gasteiger partial charge in [0.2, 0.25) is 0 Å². The average Bonchev–Trinajstić information content (AvgIpc) is 3.08. The van der Waals surface area contributed by atoms with Crippen molar-refractivity contribution in [3.8, 4) is 0 Å². The zero-order chi connectivity index (χ0) is 18.3. The topological polar surface area (TPSA) is 106 Å². The molecule has 0 spiro atoms. The number of hydrogen-bond acceptors (Lipinski definition) is 6. The van der Waals surface area contributed by atoms with Crippen molar-refractivity contribution < 1.29 is 13.9 Å².